The fourth-order valence-electron chi connectivity index (χ4n) is 5.64. The van der Waals surface area contributed by atoms with Gasteiger partial charge in [0.2, 0.25) is 0 Å². The number of aliphatic imine (C=N–C) groups is 1. The zero-order chi connectivity index (χ0) is 14.3. The van der Waals surface area contributed by atoms with Crippen LogP contribution in [0.1, 0.15) is 44.9 Å². The van der Waals surface area contributed by atoms with Crippen LogP contribution in [0.4, 0.5) is 5.69 Å². The number of hydrazine groups is 1. The lowest BCUT2D eigenvalue weighted by atomic mass is 9.49. The van der Waals surface area contributed by atoms with Crippen LogP contribution in [0, 0.1) is 23.2 Å². The Morgan fingerprint density at radius 3 is 2.14 bits per heavy atom. The van der Waals surface area contributed by atoms with E-state index in [1.807, 2.05) is 30.3 Å². The van der Waals surface area contributed by atoms with Crippen LogP contribution in [0.25, 0.3) is 0 Å². The van der Waals surface area contributed by atoms with Crippen molar-refractivity contribution in [1.29, 1.82) is 0 Å². The van der Waals surface area contributed by atoms with Crippen LogP contribution in [0.15, 0.2) is 35.3 Å². The Hall–Kier alpha value is -1.35. The molecule has 3 heteroatoms. The third-order valence-electron chi connectivity index (χ3n) is 5.89. The van der Waals surface area contributed by atoms with Gasteiger partial charge in [-0.2, -0.15) is 0 Å². The molecule has 0 aliphatic heterocycles. The van der Waals surface area contributed by atoms with E-state index >= 15 is 0 Å². The zero-order valence-corrected chi connectivity index (χ0v) is 12.6. The van der Waals surface area contributed by atoms with Crippen LogP contribution >= 0.6 is 0 Å². The van der Waals surface area contributed by atoms with Crippen LogP contribution in [0.5, 0.6) is 0 Å². The Bertz CT molecular complexity index is 499. The molecule has 0 spiro atoms. The third kappa shape index (κ3) is 2.59. The molecule has 112 valence electrons. The van der Waals surface area contributed by atoms with Gasteiger partial charge in [0, 0.05) is 6.42 Å². The van der Waals surface area contributed by atoms with Gasteiger partial charge in [-0.1, -0.05) is 18.2 Å². The van der Waals surface area contributed by atoms with Gasteiger partial charge in [0.1, 0.15) is 5.84 Å². The molecular weight excluding hydrogens is 258 g/mol. The van der Waals surface area contributed by atoms with Gasteiger partial charge in [-0.15, -0.1) is 0 Å². The number of nitrogens with two attached hydrogens (primary N) is 1. The van der Waals surface area contributed by atoms with Crippen molar-refractivity contribution in [2.75, 3.05) is 0 Å². The van der Waals surface area contributed by atoms with Crippen molar-refractivity contribution in [3.63, 3.8) is 0 Å². The van der Waals surface area contributed by atoms with Crippen LogP contribution in [0.2, 0.25) is 0 Å². The normalized spacial score (nSPS) is 37.8. The molecule has 0 atom stereocenters. The van der Waals surface area contributed by atoms with Gasteiger partial charge in [0.25, 0.3) is 0 Å². The molecule has 0 unspecified atom stereocenters. The summed E-state index contributed by atoms with van der Waals surface area (Å²) in [5, 5.41) is 0. The van der Waals surface area contributed by atoms with E-state index in [1.54, 1.807) is 0 Å². The Balaban J connectivity index is 1.55. The molecule has 0 amide bonds. The highest BCUT2D eigenvalue weighted by atomic mass is 15.2. The van der Waals surface area contributed by atoms with E-state index in [9.17, 15) is 0 Å². The van der Waals surface area contributed by atoms with Crippen molar-refractivity contribution >= 4 is 11.5 Å². The summed E-state index contributed by atoms with van der Waals surface area (Å²) in [5.41, 5.74) is 4.35. The lowest BCUT2D eigenvalue weighted by Crippen LogP contribution is -2.48. The summed E-state index contributed by atoms with van der Waals surface area (Å²) in [5.74, 6) is 9.67. The lowest BCUT2D eigenvalue weighted by Gasteiger charge is -2.57. The molecule has 4 aliphatic carbocycles. The quantitative estimate of drug-likeness (QED) is 0.384. The number of amidine groups is 1. The van der Waals surface area contributed by atoms with Gasteiger partial charge in [-0.05, 0) is 73.8 Å². The van der Waals surface area contributed by atoms with E-state index in [2.05, 4.69) is 5.43 Å². The molecule has 4 bridgehead atoms. The number of rotatable bonds is 3. The maximum Gasteiger partial charge on any atom is 0.117 e. The summed E-state index contributed by atoms with van der Waals surface area (Å²) in [4.78, 5) is 4.73. The maximum absolute atomic E-state index is 5.77. The number of nitrogens with zero attached hydrogens (tertiary/aromatic N) is 1. The van der Waals surface area contributed by atoms with E-state index in [4.69, 9.17) is 10.8 Å². The first-order chi connectivity index (χ1) is 10.2. The Morgan fingerprint density at radius 1 is 1.05 bits per heavy atom. The molecule has 0 aromatic heterocycles. The zero-order valence-electron chi connectivity index (χ0n) is 12.6. The van der Waals surface area contributed by atoms with Crippen LogP contribution in [-0.2, 0) is 0 Å². The standard InChI is InChI=1S/C18H25N3/c19-21-17(20-16-4-2-1-3-5-16)12-18-9-13-6-14(10-18)8-15(7-13)11-18/h1-5,13-15H,6-12,19H2,(H,20,21). The Kier molecular flexibility index (Phi) is 3.26. The predicted octanol–water partition coefficient (Wildman–Crippen LogP) is 3.79. The van der Waals surface area contributed by atoms with Crippen molar-refractivity contribution in [3.8, 4) is 0 Å². The van der Waals surface area contributed by atoms with Gasteiger partial charge >= 0.3 is 0 Å². The average molecular weight is 283 g/mol. The summed E-state index contributed by atoms with van der Waals surface area (Å²) < 4.78 is 0. The maximum atomic E-state index is 5.77. The fourth-order valence-corrected chi connectivity index (χ4v) is 5.64. The molecule has 21 heavy (non-hydrogen) atoms. The SMILES string of the molecule is NNC(CC12CC3CC(CC(C3)C1)C2)=Nc1ccccc1. The lowest BCUT2D eigenvalue weighted by molar-refractivity contribution is -0.0485. The molecule has 4 fully saturated rings. The van der Waals surface area contributed by atoms with E-state index in [-0.39, 0.29) is 0 Å². The first kappa shape index (κ1) is 13.3. The predicted molar refractivity (Wildman–Crippen MR) is 86.1 cm³/mol. The first-order valence-corrected chi connectivity index (χ1v) is 8.34. The molecule has 3 nitrogen and oxygen atoms in total. The van der Waals surface area contributed by atoms with Crippen LogP contribution in [-0.4, -0.2) is 5.84 Å². The average Bonchev–Trinajstić information content (AvgIpc) is 2.46. The van der Waals surface area contributed by atoms with E-state index in [0.29, 0.717) is 5.41 Å². The van der Waals surface area contributed by atoms with Crippen LogP contribution in [0.3, 0.4) is 0 Å². The first-order valence-electron chi connectivity index (χ1n) is 8.34. The largest absolute Gasteiger partial charge is 0.312 e. The van der Waals surface area contributed by atoms with Crippen molar-refractivity contribution in [1.82, 2.24) is 5.43 Å². The molecule has 0 saturated heterocycles. The molecule has 1 aromatic carbocycles. The summed E-state index contributed by atoms with van der Waals surface area (Å²) in [6.07, 6.45) is 9.68. The molecule has 0 heterocycles. The Labute approximate surface area is 127 Å². The smallest absolute Gasteiger partial charge is 0.117 e. The second kappa shape index (κ2) is 5.13. The van der Waals surface area contributed by atoms with Gasteiger partial charge in [-0.3, -0.25) is 0 Å². The number of nitrogens with one attached hydrogen (secondary N) is 1. The third-order valence-corrected chi connectivity index (χ3v) is 5.89. The summed E-state index contributed by atoms with van der Waals surface area (Å²) >= 11 is 0. The summed E-state index contributed by atoms with van der Waals surface area (Å²) in [6.45, 7) is 0. The van der Waals surface area contributed by atoms with Crippen LogP contribution < -0.4 is 11.3 Å². The number of hydrogen-bond acceptors (Lipinski definition) is 2. The Morgan fingerprint density at radius 2 is 1.62 bits per heavy atom. The molecule has 5 rings (SSSR count). The highest BCUT2D eigenvalue weighted by molar-refractivity contribution is 5.84. The number of benzene rings is 1. The topological polar surface area (TPSA) is 50.4 Å². The highest BCUT2D eigenvalue weighted by Crippen LogP contribution is 2.61. The molecule has 3 N–H and O–H groups in total. The number of hydrogen-bond donors (Lipinski definition) is 2. The summed E-state index contributed by atoms with van der Waals surface area (Å²) in [6, 6.07) is 10.1. The van der Waals surface area contributed by atoms with Gasteiger partial charge in [0.05, 0.1) is 5.69 Å². The van der Waals surface area contributed by atoms with Gasteiger partial charge < -0.3 is 5.43 Å². The minimum absolute atomic E-state index is 0.481. The molecule has 4 aliphatic rings. The highest BCUT2D eigenvalue weighted by Gasteiger charge is 2.51. The monoisotopic (exact) mass is 283 g/mol. The fraction of sp³-hybridized carbons (Fsp3) is 0.611. The van der Waals surface area contributed by atoms with Crippen molar-refractivity contribution in [2.24, 2.45) is 34.0 Å². The van der Waals surface area contributed by atoms with Crippen molar-refractivity contribution in [2.45, 2.75) is 44.9 Å². The molecule has 0 radical (unpaired) electrons. The summed E-state index contributed by atoms with van der Waals surface area (Å²) in [7, 11) is 0. The number of para-hydroxylation sites is 1. The van der Waals surface area contributed by atoms with Gasteiger partial charge in [0.15, 0.2) is 0 Å². The van der Waals surface area contributed by atoms with E-state index in [0.717, 1.165) is 35.7 Å². The second-order valence-electron chi connectivity index (χ2n) is 7.63. The van der Waals surface area contributed by atoms with E-state index in [1.165, 1.54) is 38.5 Å². The molecular formula is C18H25N3. The molecule has 4 saturated carbocycles. The minimum atomic E-state index is 0.481. The minimum Gasteiger partial charge on any atom is -0.312 e. The van der Waals surface area contributed by atoms with E-state index < -0.39 is 0 Å². The van der Waals surface area contributed by atoms with Gasteiger partial charge in [-0.25, -0.2) is 10.8 Å². The van der Waals surface area contributed by atoms with Crippen molar-refractivity contribution in [3.05, 3.63) is 30.3 Å². The molecule has 1 aromatic rings. The van der Waals surface area contributed by atoms with Crippen molar-refractivity contribution < 1.29 is 0 Å². The second-order valence-corrected chi connectivity index (χ2v) is 7.63.